The van der Waals surface area contributed by atoms with E-state index in [1.807, 2.05) is 0 Å². The van der Waals surface area contributed by atoms with E-state index in [0.717, 1.165) is 0 Å². The second kappa shape index (κ2) is 3.89. The summed E-state index contributed by atoms with van der Waals surface area (Å²) in [5.74, 6) is 0. The fourth-order valence-corrected chi connectivity index (χ4v) is 1.87. The normalized spacial score (nSPS) is 20.0. The number of halogens is 1. The molecule has 0 aromatic rings. The predicted octanol–water partition coefficient (Wildman–Crippen LogP) is 1.88. The first-order chi connectivity index (χ1) is 2.50. The van der Waals surface area contributed by atoms with E-state index in [2.05, 4.69) is 0 Å². The van der Waals surface area contributed by atoms with Crippen LogP contribution in [0.25, 0.3) is 0 Å². The Balaban J connectivity index is 0.000000250. The van der Waals surface area contributed by atoms with Crippen LogP contribution in [0, 0.1) is 0 Å². The van der Waals surface area contributed by atoms with Crippen LogP contribution >= 0.6 is 21.0 Å². The minimum Gasteiger partial charge on any atom is -0.147 e. The zero-order valence-electron chi connectivity index (χ0n) is 3.74. The first kappa shape index (κ1) is 6.72. The summed E-state index contributed by atoms with van der Waals surface area (Å²) < 4.78 is 0. The molecule has 0 bridgehead atoms. The Labute approximate surface area is 46.9 Å². The number of rotatable bonds is 0. The molecule has 0 atom stereocenters. The van der Waals surface area contributed by atoms with Gasteiger partial charge in [0.2, 0.25) is 0 Å². The molecule has 0 aromatic heterocycles. The molecular formula is C4H10ClP. The second-order valence-electron chi connectivity index (χ2n) is 1.46. The van der Waals surface area contributed by atoms with Gasteiger partial charge in [0.25, 0.3) is 0 Å². The Kier molecular flexibility index (Phi) is 4.36. The highest BCUT2D eigenvalue weighted by Gasteiger charge is 1.94. The summed E-state index contributed by atoms with van der Waals surface area (Å²) in [7, 11) is 1.31. The molecule has 6 heavy (non-hydrogen) atoms. The fraction of sp³-hybridized carbons (Fsp3) is 1.00. The van der Waals surface area contributed by atoms with Crippen LogP contribution in [0.3, 0.4) is 0 Å². The van der Waals surface area contributed by atoms with Crippen LogP contribution in [0.5, 0.6) is 0 Å². The lowest BCUT2D eigenvalue weighted by atomic mass is 10.4. The lowest BCUT2D eigenvalue weighted by Gasteiger charge is -1.69. The van der Waals surface area contributed by atoms with E-state index in [4.69, 9.17) is 0 Å². The summed E-state index contributed by atoms with van der Waals surface area (Å²) in [4.78, 5) is 0. The zero-order chi connectivity index (χ0) is 3.54. The van der Waals surface area contributed by atoms with Gasteiger partial charge in [-0.25, -0.2) is 0 Å². The van der Waals surface area contributed by atoms with Gasteiger partial charge >= 0.3 is 0 Å². The molecule has 1 heterocycles. The smallest absolute Gasteiger partial charge is 0.0353 e. The van der Waals surface area contributed by atoms with Gasteiger partial charge in [-0.05, 0) is 25.2 Å². The van der Waals surface area contributed by atoms with E-state index in [9.17, 15) is 0 Å². The third-order valence-corrected chi connectivity index (χ3v) is 2.37. The lowest BCUT2D eigenvalue weighted by Crippen LogP contribution is -1.58. The first-order valence-corrected chi connectivity index (χ1v) is 3.62. The summed E-state index contributed by atoms with van der Waals surface area (Å²) in [6.45, 7) is 0. The van der Waals surface area contributed by atoms with Crippen molar-refractivity contribution in [3.8, 4) is 0 Å². The van der Waals surface area contributed by atoms with Crippen molar-refractivity contribution >= 4 is 21.0 Å². The van der Waals surface area contributed by atoms with Crippen molar-refractivity contribution in [2.75, 3.05) is 12.3 Å². The van der Waals surface area contributed by atoms with Crippen LogP contribution in [-0.4, -0.2) is 12.3 Å². The monoisotopic (exact) mass is 124 g/mol. The van der Waals surface area contributed by atoms with Crippen LogP contribution < -0.4 is 0 Å². The van der Waals surface area contributed by atoms with E-state index in [1.54, 1.807) is 0 Å². The lowest BCUT2D eigenvalue weighted by molar-refractivity contribution is 0.949. The molecule has 0 N–H and O–H groups in total. The molecule has 0 aromatic carbocycles. The number of hydrogen-bond acceptors (Lipinski definition) is 0. The Morgan fingerprint density at radius 1 is 1.00 bits per heavy atom. The average Bonchev–Trinajstić information content (AvgIpc) is 1.76. The van der Waals surface area contributed by atoms with Crippen LogP contribution in [0.1, 0.15) is 12.8 Å². The summed E-state index contributed by atoms with van der Waals surface area (Å²) >= 11 is 0. The molecule has 0 aliphatic carbocycles. The van der Waals surface area contributed by atoms with E-state index in [1.165, 1.54) is 33.7 Å². The molecule has 1 saturated heterocycles. The largest absolute Gasteiger partial charge is 0.147 e. The fourth-order valence-electron chi connectivity index (χ4n) is 0.625. The molecule has 0 unspecified atom stereocenters. The maximum Gasteiger partial charge on any atom is -0.0353 e. The van der Waals surface area contributed by atoms with Crippen molar-refractivity contribution in [2.45, 2.75) is 12.8 Å². The molecule has 1 aliphatic heterocycles. The summed E-state index contributed by atoms with van der Waals surface area (Å²) in [5, 5.41) is 0. The third kappa shape index (κ3) is 2.00. The molecule has 1 aliphatic rings. The van der Waals surface area contributed by atoms with Gasteiger partial charge in [-0.1, -0.05) is 0 Å². The van der Waals surface area contributed by atoms with Gasteiger partial charge in [0, 0.05) is 0 Å². The Morgan fingerprint density at radius 2 is 1.50 bits per heavy atom. The van der Waals surface area contributed by atoms with Crippen molar-refractivity contribution in [3.05, 3.63) is 0 Å². The van der Waals surface area contributed by atoms with Gasteiger partial charge in [0.05, 0.1) is 0 Å². The highest BCUT2D eigenvalue weighted by molar-refractivity contribution is 7.38. The first-order valence-electron chi connectivity index (χ1n) is 2.21. The van der Waals surface area contributed by atoms with Gasteiger partial charge < -0.3 is 0 Å². The van der Waals surface area contributed by atoms with Gasteiger partial charge in [0.1, 0.15) is 0 Å². The standard InChI is InChI=1S/C4H9P.ClH/c1-2-4-5-3-1;/h5H,1-4H2;1H. The third-order valence-electron chi connectivity index (χ3n) is 0.957. The molecule has 0 spiro atoms. The predicted molar refractivity (Wildman–Crippen MR) is 34.5 cm³/mol. The van der Waals surface area contributed by atoms with E-state index < -0.39 is 0 Å². The van der Waals surface area contributed by atoms with Gasteiger partial charge in [-0.2, -0.15) is 0 Å². The Morgan fingerprint density at radius 3 is 1.67 bits per heavy atom. The average molecular weight is 125 g/mol. The molecule has 0 nitrogen and oxygen atoms in total. The van der Waals surface area contributed by atoms with E-state index in [-0.39, 0.29) is 12.4 Å². The number of hydrogen-bond donors (Lipinski definition) is 0. The van der Waals surface area contributed by atoms with Crippen molar-refractivity contribution in [1.82, 2.24) is 0 Å². The second-order valence-corrected chi connectivity index (χ2v) is 2.96. The Hall–Kier alpha value is 0.720. The van der Waals surface area contributed by atoms with Crippen molar-refractivity contribution < 1.29 is 0 Å². The molecule has 1 fully saturated rings. The Bertz CT molecular complexity index is 19.1. The quantitative estimate of drug-likeness (QED) is 0.433. The highest BCUT2D eigenvalue weighted by atomic mass is 35.5. The molecule has 0 radical (unpaired) electrons. The molecule has 2 heteroatoms. The topological polar surface area (TPSA) is 0 Å². The minimum absolute atomic E-state index is 0. The summed E-state index contributed by atoms with van der Waals surface area (Å²) in [6.07, 6.45) is 6.08. The highest BCUT2D eigenvalue weighted by Crippen LogP contribution is 2.21. The van der Waals surface area contributed by atoms with Crippen LogP contribution in [-0.2, 0) is 0 Å². The summed E-state index contributed by atoms with van der Waals surface area (Å²) in [5.41, 5.74) is 0. The van der Waals surface area contributed by atoms with Gasteiger partial charge in [-0.3, -0.25) is 0 Å². The maximum absolute atomic E-state index is 1.53. The van der Waals surface area contributed by atoms with Gasteiger partial charge in [-0.15, -0.1) is 21.0 Å². The van der Waals surface area contributed by atoms with Crippen molar-refractivity contribution in [1.29, 1.82) is 0 Å². The van der Waals surface area contributed by atoms with Crippen LogP contribution in [0.2, 0.25) is 0 Å². The zero-order valence-corrected chi connectivity index (χ0v) is 5.55. The van der Waals surface area contributed by atoms with Crippen molar-refractivity contribution in [2.24, 2.45) is 0 Å². The molecule has 0 saturated carbocycles. The minimum atomic E-state index is 0. The van der Waals surface area contributed by atoms with E-state index >= 15 is 0 Å². The van der Waals surface area contributed by atoms with Gasteiger partial charge in [0.15, 0.2) is 0 Å². The van der Waals surface area contributed by atoms with E-state index in [0.29, 0.717) is 0 Å². The maximum atomic E-state index is 1.53. The summed E-state index contributed by atoms with van der Waals surface area (Å²) in [6, 6.07) is 0. The molecular weight excluding hydrogens is 114 g/mol. The van der Waals surface area contributed by atoms with Crippen LogP contribution in [0.4, 0.5) is 0 Å². The van der Waals surface area contributed by atoms with Crippen LogP contribution in [0.15, 0.2) is 0 Å². The van der Waals surface area contributed by atoms with Crippen molar-refractivity contribution in [3.63, 3.8) is 0 Å². The SMILES string of the molecule is C1CCPC1.Cl. The molecule has 0 amide bonds. The molecule has 1 rings (SSSR count). The molecule has 38 valence electrons.